The second-order valence-corrected chi connectivity index (χ2v) is 5.34. The highest BCUT2D eigenvalue weighted by Gasteiger charge is 2.37. The standard InChI is InChI=1S/C14H28N2O/c1-4-12-7-9-16(10-8-12)13(17)14(5-2,6-3)11-15/h12H,4-11,15H2,1-3H3. The van der Waals surface area contributed by atoms with Gasteiger partial charge in [0.15, 0.2) is 0 Å². The molecule has 1 fully saturated rings. The van der Waals surface area contributed by atoms with Gasteiger partial charge in [0.25, 0.3) is 0 Å². The van der Waals surface area contributed by atoms with Gasteiger partial charge in [-0.15, -0.1) is 0 Å². The van der Waals surface area contributed by atoms with Crippen molar-refractivity contribution >= 4 is 5.91 Å². The number of likely N-dealkylation sites (tertiary alicyclic amines) is 1. The monoisotopic (exact) mass is 240 g/mol. The molecule has 1 amide bonds. The summed E-state index contributed by atoms with van der Waals surface area (Å²) < 4.78 is 0. The van der Waals surface area contributed by atoms with Gasteiger partial charge in [-0.2, -0.15) is 0 Å². The maximum Gasteiger partial charge on any atom is 0.230 e. The maximum atomic E-state index is 12.6. The average Bonchev–Trinajstić information content (AvgIpc) is 2.41. The van der Waals surface area contributed by atoms with Crippen molar-refractivity contribution in [1.82, 2.24) is 4.90 Å². The van der Waals surface area contributed by atoms with Crippen LogP contribution in [0.5, 0.6) is 0 Å². The van der Waals surface area contributed by atoms with Crippen molar-refractivity contribution in [3.05, 3.63) is 0 Å². The molecular formula is C14H28N2O. The summed E-state index contributed by atoms with van der Waals surface area (Å²) in [5.41, 5.74) is 5.54. The molecule has 0 aromatic carbocycles. The Kier molecular flexibility index (Phi) is 5.44. The van der Waals surface area contributed by atoms with Crippen LogP contribution >= 0.6 is 0 Å². The average molecular weight is 240 g/mol. The molecule has 3 nitrogen and oxygen atoms in total. The number of hydrogen-bond donors (Lipinski definition) is 1. The normalized spacial score (nSPS) is 18.5. The Balaban J connectivity index is 2.64. The highest BCUT2D eigenvalue weighted by atomic mass is 16.2. The molecule has 3 heteroatoms. The number of hydrogen-bond acceptors (Lipinski definition) is 2. The zero-order chi connectivity index (χ0) is 12.9. The molecule has 0 saturated carbocycles. The molecule has 100 valence electrons. The third-order valence-electron chi connectivity index (χ3n) is 4.68. The van der Waals surface area contributed by atoms with Crippen molar-refractivity contribution < 1.29 is 4.79 Å². The quantitative estimate of drug-likeness (QED) is 0.802. The molecule has 0 atom stereocenters. The number of carbonyl (C=O) groups is 1. The summed E-state index contributed by atoms with van der Waals surface area (Å²) in [4.78, 5) is 14.6. The molecule has 0 aromatic heterocycles. The van der Waals surface area contributed by atoms with E-state index >= 15 is 0 Å². The van der Waals surface area contributed by atoms with Gasteiger partial charge in [-0.05, 0) is 31.6 Å². The molecule has 0 aliphatic carbocycles. The van der Waals surface area contributed by atoms with Crippen LogP contribution in [0.1, 0.15) is 52.9 Å². The van der Waals surface area contributed by atoms with Gasteiger partial charge in [-0.1, -0.05) is 27.2 Å². The topological polar surface area (TPSA) is 46.3 Å². The summed E-state index contributed by atoms with van der Waals surface area (Å²) in [5.74, 6) is 1.11. The Labute approximate surface area is 106 Å². The fraction of sp³-hybridized carbons (Fsp3) is 0.929. The van der Waals surface area contributed by atoms with Crippen molar-refractivity contribution in [1.29, 1.82) is 0 Å². The number of carbonyl (C=O) groups excluding carboxylic acids is 1. The van der Waals surface area contributed by atoms with Crippen molar-refractivity contribution in [3.63, 3.8) is 0 Å². The van der Waals surface area contributed by atoms with Crippen molar-refractivity contribution in [2.75, 3.05) is 19.6 Å². The molecule has 1 aliphatic rings. The molecule has 17 heavy (non-hydrogen) atoms. The van der Waals surface area contributed by atoms with E-state index in [0.29, 0.717) is 12.5 Å². The largest absolute Gasteiger partial charge is 0.342 e. The van der Waals surface area contributed by atoms with Gasteiger partial charge in [0, 0.05) is 19.6 Å². The smallest absolute Gasteiger partial charge is 0.230 e. The zero-order valence-corrected chi connectivity index (χ0v) is 11.7. The Morgan fingerprint density at radius 2 is 1.76 bits per heavy atom. The Morgan fingerprint density at radius 1 is 1.24 bits per heavy atom. The molecule has 0 radical (unpaired) electrons. The summed E-state index contributed by atoms with van der Waals surface area (Å²) in [7, 11) is 0. The summed E-state index contributed by atoms with van der Waals surface area (Å²) >= 11 is 0. The van der Waals surface area contributed by atoms with Gasteiger partial charge in [0.05, 0.1) is 5.41 Å². The summed E-state index contributed by atoms with van der Waals surface area (Å²) in [6.45, 7) is 8.73. The predicted octanol–water partition coefficient (Wildman–Crippen LogP) is 2.40. The Morgan fingerprint density at radius 3 is 2.12 bits per heavy atom. The van der Waals surface area contributed by atoms with E-state index in [9.17, 15) is 4.79 Å². The second kappa shape index (κ2) is 6.39. The lowest BCUT2D eigenvalue weighted by atomic mass is 9.80. The molecule has 0 spiro atoms. The molecule has 1 heterocycles. The second-order valence-electron chi connectivity index (χ2n) is 5.34. The highest BCUT2D eigenvalue weighted by Crippen LogP contribution is 2.30. The van der Waals surface area contributed by atoms with E-state index < -0.39 is 0 Å². The fourth-order valence-corrected chi connectivity index (χ4v) is 2.81. The van der Waals surface area contributed by atoms with E-state index in [2.05, 4.69) is 20.8 Å². The minimum Gasteiger partial charge on any atom is -0.342 e. The number of amides is 1. The highest BCUT2D eigenvalue weighted by molar-refractivity contribution is 5.83. The minimum absolute atomic E-state index is 0.291. The first-order chi connectivity index (χ1) is 8.13. The minimum atomic E-state index is -0.306. The van der Waals surface area contributed by atoms with Gasteiger partial charge in [0.2, 0.25) is 5.91 Å². The van der Waals surface area contributed by atoms with Crippen molar-refractivity contribution in [2.45, 2.75) is 52.9 Å². The van der Waals surface area contributed by atoms with Crippen LogP contribution in [0, 0.1) is 11.3 Å². The van der Waals surface area contributed by atoms with Crippen LogP contribution in [0.3, 0.4) is 0 Å². The van der Waals surface area contributed by atoms with E-state index in [1.807, 2.05) is 4.90 Å². The van der Waals surface area contributed by atoms with Crippen LogP contribution in [-0.2, 0) is 4.79 Å². The molecule has 0 unspecified atom stereocenters. The van der Waals surface area contributed by atoms with E-state index in [-0.39, 0.29) is 5.41 Å². The summed E-state index contributed by atoms with van der Waals surface area (Å²) in [6.07, 6.45) is 5.28. The molecule has 2 N–H and O–H groups in total. The van der Waals surface area contributed by atoms with Gasteiger partial charge in [0.1, 0.15) is 0 Å². The van der Waals surface area contributed by atoms with Crippen LogP contribution in [0.2, 0.25) is 0 Å². The Bertz CT molecular complexity index is 232. The van der Waals surface area contributed by atoms with Gasteiger partial charge < -0.3 is 10.6 Å². The number of piperidine rings is 1. The maximum absolute atomic E-state index is 12.6. The first-order valence-electron chi connectivity index (χ1n) is 7.13. The molecule has 1 rings (SSSR count). The molecule has 1 aliphatic heterocycles. The predicted molar refractivity (Wildman–Crippen MR) is 71.7 cm³/mol. The number of rotatable bonds is 5. The van der Waals surface area contributed by atoms with Gasteiger partial charge in [-0.25, -0.2) is 0 Å². The van der Waals surface area contributed by atoms with Gasteiger partial charge >= 0.3 is 0 Å². The lowest BCUT2D eigenvalue weighted by molar-refractivity contribution is -0.143. The number of nitrogens with zero attached hydrogens (tertiary/aromatic N) is 1. The zero-order valence-electron chi connectivity index (χ0n) is 11.7. The third kappa shape index (κ3) is 3.01. The van der Waals surface area contributed by atoms with E-state index in [4.69, 9.17) is 5.73 Å². The molecule has 0 aromatic rings. The van der Waals surface area contributed by atoms with Crippen LogP contribution in [-0.4, -0.2) is 30.4 Å². The van der Waals surface area contributed by atoms with Crippen molar-refractivity contribution in [2.24, 2.45) is 17.1 Å². The first-order valence-corrected chi connectivity index (χ1v) is 7.13. The van der Waals surface area contributed by atoms with E-state index in [1.54, 1.807) is 0 Å². The van der Waals surface area contributed by atoms with Crippen LogP contribution in [0.15, 0.2) is 0 Å². The lowest BCUT2D eigenvalue weighted by Gasteiger charge is -2.39. The SMILES string of the molecule is CCC1CCN(C(=O)C(CC)(CC)CN)CC1. The number of nitrogens with two attached hydrogens (primary N) is 1. The van der Waals surface area contributed by atoms with Crippen LogP contribution < -0.4 is 5.73 Å². The molecular weight excluding hydrogens is 212 g/mol. The lowest BCUT2D eigenvalue weighted by Crippen LogP contribution is -2.50. The third-order valence-corrected chi connectivity index (χ3v) is 4.68. The molecule has 1 saturated heterocycles. The van der Waals surface area contributed by atoms with Crippen LogP contribution in [0.25, 0.3) is 0 Å². The summed E-state index contributed by atoms with van der Waals surface area (Å²) in [5, 5.41) is 0. The molecule has 0 bridgehead atoms. The first kappa shape index (κ1) is 14.5. The van der Waals surface area contributed by atoms with Crippen LogP contribution in [0.4, 0.5) is 0 Å². The van der Waals surface area contributed by atoms with Crippen molar-refractivity contribution in [3.8, 4) is 0 Å². The fourth-order valence-electron chi connectivity index (χ4n) is 2.81. The Hall–Kier alpha value is -0.570. The van der Waals surface area contributed by atoms with E-state index in [1.165, 1.54) is 6.42 Å². The summed E-state index contributed by atoms with van der Waals surface area (Å²) in [6, 6.07) is 0. The van der Waals surface area contributed by atoms with Gasteiger partial charge in [-0.3, -0.25) is 4.79 Å². The van der Waals surface area contributed by atoms with E-state index in [0.717, 1.165) is 44.7 Å².